The monoisotopic (exact) mass is 346 g/mol. The van der Waals surface area contributed by atoms with Gasteiger partial charge in [-0.3, -0.25) is 14.5 Å². The van der Waals surface area contributed by atoms with Gasteiger partial charge in [0.1, 0.15) is 6.61 Å². The highest BCUT2D eigenvalue weighted by Crippen LogP contribution is 2.22. The second-order valence-corrected chi connectivity index (χ2v) is 6.77. The number of carbonyl (C=O) groups is 2. The number of esters is 1. The SMILES string of the molecule is CO[C@H]1CN(CCOC(C)=O)C[C@@H]1NC(=O)c1ccc(Cl)s1. The zero-order valence-electron chi connectivity index (χ0n) is 12.5. The lowest BCUT2D eigenvalue weighted by Crippen LogP contribution is -2.43. The van der Waals surface area contributed by atoms with Gasteiger partial charge in [0.15, 0.2) is 0 Å². The summed E-state index contributed by atoms with van der Waals surface area (Å²) in [5.41, 5.74) is 0. The van der Waals surface area contributed by atoms with Gasteiger partial charge in [-0.2, -0.15) is 0 Å². The number of nitrogens with zero attached hydrogens (tertiary/aromatic N) is 1. The summed E-state index contributed by atoms with van der Waals surface area (Å²) in [7, 11) is 1.63. The van der Waals surface area contributed by atoms with Crippen molar-refractivity contribution in [1.29, 1.82) is 0 Å². The van der Waals surface area contributed by atoms with E-state index >= 15 is 0 Å². The number of hydrogen-bond acceptors (Lipinski definition) is 6. The molecule has 2 atom stereocenters. The van der Waals surface area contributed by atoms with E-state index in [0.717, 1.165) is 0 Å². The highest BCUT2D eigenvalue weighted by molar-refractivity contribution is 7.17. The number of likely N-dealkylation sites (tertiary alicyclic amines) is 1. The Morgan fingerprint density at radius 3 is 2.82 bits per heavy atom. The summed E-state index contributed by atoms with van der Waals surface area (Å²) in [5, 5.41) is 2.98. The minimum atomic E-state index is -0.290. The molecule has 1 saturated heterocycles. The number of halogens is 1. The third kappa shape index (κ3) is 4.67. The van der Waals surface area contributed by atoms with Crippen molar-refractivity contribution in [3.63, 3.8) is 0 Å². The lowest BCUT2D eigenvalue weighted by molar-refractivity contribution is -0.141. The van der Waals surface area contributed by atoms with Gasteiger partial charge in [0, 0.05) is 33.7 Å². The predicted molar refractivity (Wildman–Crippen MR) is 84.5 cm³/mol. The van der Waals surface area contributed by atoms with Crippen molar-refractivity contribution in [2.24, 2.45) is 0 Å². The fourth-order valence-corrected chi connectivity index (χ4v) is 3.35. The number of carbonyl (C=O) groups excluding carboxylic acids is 2. The van der Waals surface area contributed by atoms with Crippen LogP contribution in [0.2, 0.25) is 4.34 Å². The fraction of sp³-hybridized carbons (Fsp3) is 0.571. The standard InChI is InChI=1S/C14H19ClN2O4S/c1-9(18)21-6-5-17-7-10(11(8-17)20-2)16-14(19)12-3-4-13(15)22-12/h3-4,10-11H,5-8H2,1-2H3,(H,16,19)/t10-,11-/m0/s1. The van der Waals surface area contributed by atoms with Crippen LogP contribution in [0.15, 0.2) is 12.1 Å². The van der Waals surface area contributed by atoms with E-state index in [1.165, 1.54) is 18.3 Å². The molecule has 1 fully saturated rings. The summed E-state index contributed by atoms with van der Waals surface area (Å²) in [5.74, 6) is -0.437. The lowest BCUT2D eigenvalue weighted by atomic mass is 10.2. The summed E-state index contributed by atoms with van der Waals surface area (Å²) in [6, 6.07) is 3.31. The van der Waals surface area contributed by atoms with Gasteiger partial charge < -0.3 is 14.8 Å². The molecule has 2 rings (SSSR count). The van der Waals surface area contributed by atoms with Crippen molar-refractivity contribution in [2.45, 2.75) is 19.1 Å². The molecule has 0 aliphatic carbocycles. The van der Waals surface area contributed by atoms with Crippen LogP contribution >= 0.6 is 22.9 Å². The van der Waals surface area contributed by atoms with E-state index in [1.54, 1.807) is 19.2 Å². The minimum Gasteiger partial charge on any atom is -0.465 e. The Morgan fingerprint density at radius 2 is 2.23 bits per heavy atom. The van der Waals surface area contributed by atoms with Crippen LogP contribution in [-0.4, -0.2) is 62.3 Å². The molecule has 0 spiro atoms. The Bertz CT molecular complexity index is 537. The van der Waals surface area contributed by atoms with Crippen LogP contribution in [0.3, 0.4) is 0 Å². The third-order valence-corrected chi connectivity index (χ3v) is 4.70. The smallest absolute Gasteiger partial charge is 0.302 e. The van der Waals surface area contributed by atoms with Crippen LogP contribution in [0.1, 0.15) is 16.6 Å². The molecule has 2 heterocycles. The Balaban J connectivity index is 1.87. The first-order valence-electron chi connectivity index (χ1n) is 6.94. The molecule has 22 heavy (non-hydrogen) atoms. The molecular weight excluding hydrogens is 328 g/mol. The summed E-state index contributed by atoms with van der Waals surface area (Å²) in [4.78, 5) is 25.6. The Labute approximate surface area is 138 Å². The van der Waals surface area contributed by atoms with Crippen LogP contribution in [0.25, 0.3) is 0 Å². The minimum absolute atomic E-state index is 0.0864. The summed E-state index contributed by atoms with van der Waals surface area (Å²) in [6.07, 6.45) is -0.0864. The number of hydrogen-bond donors (Lipinski definition) is 1. The quantitative estimate of drug-likeness (QED) is 0.788. The van der Waals surface area contributed by atoms with Gasteiger partial charge in [-0.15, -0.1) is 11.3 Å². The predicted octanol–water partition coefficient (Wildman–Crippen LogP) is 1.39. The van der Waals surface area contributed by atoms with E-state index in [9.17, 15) is 9.59 Å². The van der Waals surface area contributed by atoms with Gasteiger partial charge in [0.2, 0.25) is 0 Å². The molecule has 1 amide bonds. The van der Waals surface area contributed by atoms with E-state index in [4.69, 9.17) is 21.1 Å². The topological polar surface area (TPSA) is 67.9 Å². The van der Waals surface area contributed by atoms with Gasteiger partial charge in [-0.25, -0.2) is 0 Å². The number of amides is 1. The molecule has 6 nitrogen and oxygen atoms in total. The first-order valence-corrected chi connectivity index (χ1v) is 8.13. The molecule has 1 N–H and O–H groups in total. The molecule has 0 aromatic carbocycles. The van der Waals surface area contributed by atoms with Gasteiger partial charge in [-0.05, 0) is 12.1 Å². The highest BCUT2D eigenvalue weighted by Gasteiger charge is 2.34. The zero-order chi connectivity index (χ0) is 16.1. The van der Waals surface area contributed by atoms with Crippen LogP contribution in [0.5, 0.6) is 0 Å². The summed E-state index contributed by atoms with van der Waals surface area (Å²) < 4.78 is 11.0. The number of methoxy groups -OCH3 is 1. The average Bonchev–Trinajstić information content (AvgIpc) is 3.05. The van der Waals surface area contributed by atoms with Crippen LogP contribution in [0.4, 0.5) is 0 Å². The lowest BCUT2D eigenvalue weighted by Gasteiger charge is -2.18. The maximum absolute atomic E-state index is 12.2. The molecule has 1 aliphatic rings. The molecular formula is C14H19ClN2O4S. The van der Waals surface area contributed by atoms with Gasteiger partial charge in [-0.1, -0.05) is 11.6 Å². The van der Waals surface area contributed by atoms with E-state index in [2.05, 4.69) is 10.2 Å². The summed E-state index contributed by atoms with van der Waals surface area (Å²) in [6.45, 7) is 3.69. The average molecular weight is 347 g/mol. The molecule has 1 aromatic heterocycles. The van der Waals surface area contributed by atoms with Crippen LogP contribution in [0, 0.1) is 0 Å². The molecule has 122 valence electrons. The molecule has 0 radical (unpaired) electrons. The van der Waals surface area contributed by atoms with E-state index < -0.39 is 0 Å². The number of thiophene rings is 1. The number of rotatable bonds is 6. The van der Waals surface area contributed by atoms with Crippen molar-refractivity contribution in [1.82, 2.24) is 10.2 Å². The maximum Gasteiger partial charge on any atom is 0.302 e. The van der Waals surface area contributed by atoms with Crippen molar-refractivity contribution in [2.75, 3.05) is 33.4 Å². The third-order valence-electron chi connectivity index (χ3n) is 3.47. The van der Waals surface area contributed by atoms with Crippen molar-refractivity contribution in [3.05, 3.63) is 21.3 Å². The number of ether oxygens (including phenoxy) is 2. The van der Waals surface area contributed by atoms with Crippen LogP contribution < -0.4 is 5.32 Å². The highest BCUT2D eigenvalue weighted by atomic mass is 35.5. The van der Waals surface area contributed by atoms with Crippen molar-refractivity contribution < 1.29 is 19.1 Å². The molecule has 0 saturated carbocycles. The Hall–Kier alpha value is -1.15. The molecule has 0 unspecified atom stereocenters. The molecule has 0 bridgehead atoms. The van der Waals surface area contributed by atoms with Gasteiger partial charge in [0.25, 0.3) is 5.91 Å². The summed E-state index contributed by atoms with van der Waals surface area (Å²) >= 11 is 7.09. The largest absolute Gasteiger partial charge is 0.465 e. The van der Waals surface area contributed by atoms with Crippen molar-refractivity contribution >= 4 is 34.8 Å². The van der Waals surface area contributed by atoms with Gasteiger partial charge in [0.05, 0.1) is 21.4 Å². The Kier molecular flexibility index (Phi) is 6.19. The zero-order valence-corrected chi connectivity index (χ0v) is 14.1. The number of nitrogens with one attached hydrogen (secondary N) is 1. The van der Waals surface area contributed by atoms with Crippen LogP contribution in [-0.2, 0) is 14.3 Å². The van der Waals surface area contributed by atoms with E-state index in [-0.39, 0.29) is 24.0 Å². The van der Waals surface area contributed by atoms with E-state index in [1.807, 2.05) is 0 Å². The fourth-order valence-electron chi connectivity index (χ4n) is 2.41. The van der Waals surface area contributed by atoms with Crippen molar-refractivity contribution in [3.8, 4) is 0 Å². The molecule has 8 heteroatoms. The molecule has 1 aliphatic heterocycles. The maximum atomic E-state index is 12.2. The first kappa shape index (κ1) is 17.2. The second kappa shape index (κ2) is 7.92. The normalized spacial score (nSPS) is 21.8. The second-order valence-electron chi connectivity index (χ2n) is 5.06. The first-order chi connectivity index (χ1) is 10.5. The van der Waals surface area contributed by atoms with Gasteiger partial charge >= 0.3 is 5.97 Å². The van der Waals surface area contributed by atoms with E-state index in [0.29, 0.717) is 35.5 Å². The Morgan fingerprint density at radius 1 is 1.45 bits per heavy atom. The molecule has 1 aromatic rings.